The van der Waals surface area contributed by atoms with E-state index in [1.54, 1.807) is 19.2 Å². The maximum atomic E-state index is 11.5. The fourth-order valence-electron chi connectivity index (χ4n) is 1.64. The molecular weight excluding hydrogens is 258 g/mol. The van der Waals surface area contributed by atoms with Crippen LogP contribution in [0.2, 0.25) is 0 Å². The molecule has 0 atom stereocenters. The molecule has 0 bridgehead atoms. The molecule has 6 heteroatoms. The average molecular weight is 275 g/mol. The van der Waals surface area contributed by atoms with Gasteiger partial charge >= 0.3 is 6.01 Å². The number of rotatable bonds is 6. The fourth-order valence-corrected chi connectivity index (χ4v) is 1.64. The van der Waals surface area contributed by atoms with Crippen molar-refractivity contribution in [2.24, 2.45) is 0 Å². The number of unbranched alkanes of at least 4 members (excludes halogenated alkanes) is 1. The molecule has 0 aliphatic rings. The minimum absolute atomic E-state index is 0.114. The summed E-state index contributed by atoms with van der Waals surface area (Å²) in [5, 5.41) is 10.3. The Hall–Kier alpha value is -2.37. The highest BCUT2D eigenvalue weighted by Crippen LogP contribution is 2.22. The molecule has 2 aromatic rings. The van der Waals surface area contributed by atoms with Crippen molar-refractivity contribution >= 4 is 11.9 Å². The number of benzene rings is 1. The molecule has 1 amide bonds. The number of aromatic nitrogens is 2. The summed E-state index contributed by atoms with van der Waals surface area (Å²) in [6, 6.07) is 7.36. The Morgan fingerprint density at radius 2 is 2.05 bits per heavy atom. The van der Waals surface area contributed by atoms with Crippen molar-refractivity contribution in [3.05, 3.63) is 24.3 Å². The fraction of sp³-hybridized carbons (Fsp3) is 0.357. The minimum Gasteiger partial charge on any atom is -0.497 e. The van der Waals surface area contributed by atoms with Crippen molar-refractivity contribution in [2.75, 3.05) is 12.4 Å². The van der Waals surface area contributed by atoms with Crippen LogP contribution in [0.3, 0.4) is 0 Å². The summed E-state index contributed by atoms with van der Waals surface area (Å²) in [6.45, 7) is 2.03. The second kappa shape index (κ2) is 6.70. The first-order valence-corrected chi connectivity index (χ1v) is 6.50. The number of methoxy groups -OCH3 is 1. The maximum Gasteiger partial charge on any atom is 0.322 e. The van der Waals surface area contributed by atoms with Crippen LogP contribution in [0.25, 0.3) is 11.5 Å². The van der Waals surface area contributed by atoms with Crippen molar-refractivity contribution in [3.8, 4) is 17.2 Å². The molecule has 0 aliphatic heterocycles. The molecular formula is C14H17N3O3. The Morgan fingerprint density at radius 1 is 1.30 bits per heavy atom. The van der Waals surface area contributed by atoms with Gasteiger partial charge in [-0.05, 0) is 30.7 Å². The second-order valence-corrected chi connectivity index (χ2v) is 4.29. The van der Waals surface area contributed by atoms with Crippen LogP contribution in [0, 0.1) is 0 Å². The molecule has 0 spiro atoms. The monoisotopic (exact) mass is 275 g/mol. The molecule has 6 nitrogen and oxygen atoms in total. The summed E-state index contributed by atoms with van der Waals surface area (Å²) < 4.78 is 10.5. The van der Waals surface area contributed by atoms with Gasteiger partial charge in [-0.2, -0.15) is 0 Å². The highest BCUT2D eigenvalue weighted by Gasteiger charge is 2.11. The van der Waals surface area contributed by atoms with Gasteiger partial charge in [0.25, 0.3) is 0 Å². The summed E-state index contributed by atoms with van der Waals surface area (Å²) in [7, 11) is 1.60. The Kier molecular flexibility index (Phi) is 4.70. The summed E-state index contributed by atoms with van der Waals surface area (Å²) in [5.41, 5.74) is 0.771. The molecule has 1 heterocycles. The third kappa shape index (κ3) is 3.57. The predicted octanol–water partition coefficient (Wildman–Crippen LogP) is 2.87. The topological polar surface area (TPSA) is 77.2 Å². The molecule has 0 saturated carbocycles. The molecule has 1 aromatic carbocycles. The van der Waals surface area contributed by atoms with E-state index in [1.165, 1.54) is 0 Å². The standard InChI is InChI=1S/C14H17N3O3/c1-3-4-5-12(18)15-14-17-16-13(20-14)10-6-8-11(19-2)9-7-10/h6-9H,3-5H2,1-2H3,(H,15,17,18). The van der Waals surface area contributed by atoms with E-state index in [4.69, 9.17) is 9.15 Å². The number of hydrogen-bond donors (Lipinski definition) is 1. The lowest BCUT2D eigenvalue weighted by atomic mass is 10.2. The lowest BCUT2D eigenvalue weighted by molar-refractivity contribution is -0.116. The largest absolute Gasteiger partial charge is 0.497 e. The number of nitrogens with one attached hydrogen (secondary N) is 1. The lowest BCUT2D eigenvalue weighted by Gasteiger charge is -2.00. The van der Waals surface area contributed by atoms with Crippen molar-refractivity contribution < 1.29 is 13.9 Å². The van der Waals surface area contributed by atoms with Crippen LogP contribution in [-0.4, -0.2) is 23.2 Å². The third-order valence-corrected chi connectivity index (χ3v) is 2.77. The first-order chi connectivity index (χ1) is 9.72. The van der Waals surface area contributed by atoms with E-state index in [1.807, 2.05) is 19.1 Å². The Balaban J connectivity index is 2.02. The molecule has 0 fully saturated rings. The number of carbonyl (C=O) groups excluding carboxylic acids is 1. The zero-order valence-corrected chi connectivity index (χ0v) is 11.5. The van der Waals surface area contributed by atoms with E-state index in [9.17, 15) is 4.79 Å². The average Bonchev–Trinajstić information content (AvgIpc) is 2.93. The first-order valence-electron chi connectivity index (χ1n) is 6.50. The van der Waals surface area contributed by atoms with Crippen LogP contribution < -0.4 is 10.1 Å². The van der Waals surface area contributed by atoms with Crippen LogP contribution in [0.5, 0.6) is 5.75 Å². The highest BCUT2D eigenvalue weighted by atomic mass is 16.5. The van der Waals surface area contributed by atoms with E-state index in [0.717, 1.165) is 24.2 Å². The van der Waals surface area contributed by atoms with E-state index >= 15 is 0 Å². The summed E-state index contributed by atoms with van der Waals surface area (Å²) in [5.74, 6) is 0.997. The van der Waals surface area contributed by atoms with Gasteiger partial charge in [0.05, 0.1) is 7.11 Å². The van der Waals surface area contributed by atoms with Crippen molar-refractivity contribution in [1.82, 2.24) is 10.2 Å². The highest BCUT2D eigenvalue weighted by molar-refractivity contribution is 5.88. The van der Waals surface area contributed by atoms with E-state index in [0.29, 0.717) is 12.3 Å². The number of hydrogen-bond acceptors (Lipinski definition) is 5. The van der Waals surface area contributed by atoms with Crippen molar-refractivity contribution in [1.29, 1.82) is 0 Å². The SMILES string of the molecule is CCCCC(=O)Nc1nnc(-c2ccc(OC)cc2)o1. The normalized spacial score (nSPS) is 10.3. The van der Waals surface area contributed by atoms with Gasteiger partial charge in [-0.3, -0.25) is 10.1 Å². The van der Waals surface area contributed by atoms with Crippen LogP contribution in [0.1, 0.15) is 26.2 Å². The third-order valence-electron chi connectivity index (χ3n) is 2.77. The number of carbonyl (C=O) groups is 1. The zero-order valence-electron chi connectivity index (χ0n) is 11.5. The number of amides is 1. The smallest absolute Gasteiger partial charge is 0.322 e. The van der Waals surface area contributed by atoms with Gasteiger partial charge in [-0.1, -0.05) is 18.4 Å². The molecule has 2 rings (SSSR count). The van der Waals surface area contributed by atoms with Gasteiger partial charge < -0.3 is 9.15 Å². The molecule has 20 heavy (non-hydrogen) atoms. The maximum absolute atomic E-state index is 11.5. The molecule has 106 valence electrons. The van der Waals surface area contributed by atoms with Crippen LogP contribution in [-0.2, 0) is 4.79 Å². The van der Waals surface area contributed by atoms with E-state index in [2.05, 4.69) is 15.5 Å². The Labute approximate surface area is 117 Å². The van der Waals surface area contributed by atoms with Crippen LogP contribution in [0.15, 0.2) is 28.7 Å². The molecule has 0 saturated heterocycles. The second-order valence-electron chi connectivity index (χ2n) is 4.29. The van der Waals surface area contributed by atoms with Gasteiger partial charge in [0.2, 0.25) is 11.8 Å². The number of nitrogens with zero attached hydrogens (tertiary/aromatic N) is 2. The first kappa shape index (κ1) is 14.0. The van der Waals surface area contributed by atoms with Gasteiger partial charge in [0.15, 0.2) is 0 Å². The van der Waals surface area contributed by atoms with Gasteiger partial charge in [-0.25, -0.2) is 0 Å². The van der Waals surface area contributed by atoms with Crippen molar-refractivity contribution in [3.63, 3.8) is 0 Å². The molecule has 0 unspecified atom stereocenters. The predicted molar refractivity (Wildman–Crippen MR) is 74.4 cm³/mol. The lowest BCUT2D eigenvalue weighted by Crippen LogP contribution is -2.11. The van der Waals surface area contributed by atoms with Gasteiger partial charge in [0, 0.05) is 12.0 Å². The number of anilines is 1. The molecule has 1 aromatic heterocycles. The van der Waals surface area contributed by atoms with Crippen molar-refractivity contribution in [2.45, 2.75) is 26.2 Å². The van der Waals surface area contributed by atoms with E-state index in [-0.39, 0.29) is 11.9 Å². The quantitative estimate of drug-likeness (QED) is 0.877. The summed E-state index contributed by atoms with van der Waals surface area (Å²) in [6.07, 6.45) is 2.26. The zero-order chi connectivity index (χ0) is 14.4. The molecule has 1 N–H and O–H groups in total. The summed E-state index contributed by atoms with van der Waals surface area (Å²) in [4.78, 5) is 11.5. The van der Waals surface area contributed by atoms with Gasteiger partial charge in [-0.15, -0.1) is 5.10 Å². The Morgan fingerprint density at radius 3 is 2.70 bits per heavy atom. The number of ether oxygens (including phenoxy) is 1. The van der Waals surface area contributed by atoms with Crippen LogP contribution in [0.4, 0.5) is 6.01 Å². The van der Waals surface area contributed by atoms with E-state index < -0.39 is 0 Å². The molecule has 0 radical (unpaired) electrons. The van der Waals surface area contributed by atoms with Gasteiger partial charge in [0.1, 0.15) is 5.75 Å². The minimum atomic E-state index is -0.114. The Bertz CT molecular complexity index is 563. The molecule has 0 aliphatic carbocycles. The van der Waals surface area contributed by atoms with Crippen LogP contribution >= 0.6 is 0 Å². The summed E-state index contributed by atoms with van der Waals surface area (Å²) >= 11 is 0.